The first-order valence-electron chi connectivity index (χ1n) is 9.23. The first-order chi connectivity index (χ1) is 13.0. The molecule has 2 saturated heterocycles. The molecule has 0 N–H and O–H groups in total. The summed E-state index contributed by atoms with van der Waals surface area (Å²) in [5.74, 6) is 0.715. The molecule has 5 rings (SSSR count). The van der Waals surface area contributed by atoms with Crippen LogP contribution in [0, 0.1) is 5.92 Å². The van der Waals surface area contributed by atoms with Crippen LogP contribution in [0.4, 0.5) is 10.5 Å². The summed E-state index contributed by atoms with van der Waals surface area (Å²) >= 11 is 0. The Labute approximate surface area is 156 Å². The SMILES string of the molecule is CC(=O)N1CC2CC2(c2ccc(N3CC(Cn4ccnn4)OC3=O)cc2)C1. The van der Waals surface area contributed by atoms with Crippen LogP contribution in [0.5, 0.6) is 0 Å². The van der Waals surface area contributed by atoms with Gasteiger partial charge in [0.25, 0.3) is 0 Å². The van der Waals surface area contributed by atoms with Crippen molar-refractivity contribution in [1.29, 1.82) is 0 Å². The van der Waals surface area contributed by atoms with Gasteiger partial charge in [0.05, 0.1) is 19.3 Å². The summed E-state index contributed by atoms with van der Waals surface area (Å²) in [6.07, 6.45) is 3.92. The Bertz CT molecular complexity index is 881. The van der Waals surface area contributed by atoms with Gasteiger partial charge in [0, 0.05) is 37.3 Å². The number of rotatable bonds is 4. The predicted octanol–water partition coefficient (Wildman–Crippen LogP) is 1.42. The number of anilines is 1. The molecule has 1 saturated carbocycles. The van der Waals surface area contributed by atoms with E-state index >= 15 is 0 Å². The number of cyclic esters (lactones) is 1. The van der Waals surface area contributed by atoms with E-state index in [2.05, 4.69) is 22.4 Å². The van der Waals surface area contributed by atoms with Gasteiger partial charge >= 0.3 is 6.09 Å². The average Bonchev–Trinajstić information content (AvgIpc) is 3.07. The number of carbonyl (C=O) groups excluding carboxylic acids is 2. The molecule has 3 fully saturated rings. The van der Waals surface area contributed by atoms with Gasteiger partial charge in [-0.15, -0.1) is 5.10 Å². The van der Waals surface area contributed by atoms with Crippen LogP contribution in [0.25, 0.3) is 0 Å². The van der Waals surface area contributed by atoms with Crippen LogP contribution >= 0.6 is 0 Å². The van der Waals surface area contributed by atoms with Crippen molar-refractivity contribution in [1.82, 2.24) is 19.9 Å². The molecule has 3 heterocycles. The minimum atomic E-state index is -0.334. The number of nitrogens with zero attached hydrogens (tertiary/aromatic N) is 5. The minimum Gasteiger partial charge on any atom is -0.442 e. The van der Waals surface area contributed by atoms with E-state index in [-0.39, 0.29) is 23.5 Å². The molecule has 1 aliphatic carbocycles. The summed E-state index contributed by atoms with van der Waals surface area (Å²) in [5.41, 5.74) is 2.21. The quantitative estimate of drug-likeness (QED) is 0.817. The molecule has 0 spiro atoms. The van der Waals surface area contributed by atoms with Crippen molar-refractivity contribution in [3.63, 3.8) is 0 Å². The zero-order chi connectivity index (χ0) is 18.6. The van der Waals surface area contributed by atoms with Crippen molar-refractivity contribution in [2.45, 2.75) is 31.4 Å². The summed E-state index contributed by atoms with van der Waals surface area (Å²) in [7, 11) is 0. The molecule has 0 radical (unpaired) electrons. The van der Waals surface area contributed by atoms with Gasteiger partial charge in [-0.2, -0.15) is 0 Å². The van der Waals surface area contributed by atoms with Crippen molar-refractivity contribution in [3.8, 4) is 0 Å². The van der Waals surface area contributed by atoms with Gasteiger partial charge in [0.1, 0.15) is 6.10 Å². The third-order valence-electron chi connectivity index (χ3n) is 6.08. The highest BCUT2D eigenvalue weighted by Crippen LogP contribution is 2.59. The molecular formula is C19H21N5O3. The van der Waals surface area contributed by atoms with Gasteiger partial charge in [0.15, 0.2) is 0 Å². The number of hydrogen-bond acceptors (Lipinski definition) is 5. The van der Waals surface area contributed by atoms with Gasteiger partial charge in [-0.05, 0) is 30.0 Å². The van der Waals surface area contributed by atoms with Crippen molar-refractivity contribution in [2.75, 3.05) is 24.5 Å². The number of amides is 2. The maximum atomic E-state index is 12.3. The lowest BCUT2D eigenvalue weighted by Crippen LogP contribution is -2.30. The molecule has 2 aliphatic heterocycles. The Balaban J connectivity index is 1.28. The number of carbonyl (C=O) groups is 2. The standard InChI is InChI=1S/C19H21N5O3/c1-13(25)22-9-15-8-19(15,12-22)14-2-4-16(5-3-14)24-11-17(27-18(24)26)10-23-7-6-20-21-23/h2-7,15,17H,8-12H2,1H3. The number of benzene rings is 1. The van der Waals surface area contributed by atoms with Crippen molar-refractivity contribution >= 4 is 17.7 Å². The third kappa shape index (κ3) is 2.67. The van der Waals surface area contributed by atoms with Crippen LogP contribution in [-0.4, -0.2) is 57.6 Å². The molecule has 2 aromatic rings. The molecule has 2 amide bonds. The maximum Gasteiger partial charge on any atom is 0.414 e. The van der Waals surface area contributed by atoms with Gasteiger partial charge in [-0.25, -0.2) is 9.48 Å². The molecular weight excluding hydrogens is 346 g/mol. The van der Waals surface area contributed by atoms with Crippen LogP contribution in [0.15, 0.2) is 36.7 Å². The number of aromatic nitrogens is 3. The summed E-state index contributed by atoms with van der Waals surface area (Å²) in [5, 5.41) is 7.69. The largest absolute Gasteiger partial charge is 0.442 e. The highest BCUT2D eigenvalue weighted by Gasteiger charge is 2.61. The monoisotopic (exact) mass is 367 g/mol. The predicted molar refractivity (Wildman–Crippen MR) is 96.1 cm³/mol. The van der Waals surface area contributed by atoms with Crippen molar-refractivity contribution < 1.29 is 14.3 Å². The molecule has 140 valence electrons. The van der Waals surface area contributed by atoms with E-state index in [0.29, 0.717) is 19.0 Å². The summed E-state index contributed by atoms with van der Waals surface area (Å²) < 4.78 is 7.12. The Morgan fingerprint density at radius 2 is 2.11 bits per heavy atom. The van der Waals surface area contributed by atoms with E-state index < -0.39 is 0 Å². The van der Waals surface area contributed by atoms with E-state index in [1.807, 2.05) is 17.0 Å². The fraction of sp³-hybridized carbons (Fsp3) is 0.474. The van der Waals surface area contributed by atoms with E-state index in [1.54, 1.807) is 28.9 Å². The zero-order valence-corrected chi connectivity index (χ0v) is 15.1. The summed E-state index contributed by atoms with van der Waals surface area (Å²) in [6.45, 7) is 4.28. The average molecular weight is 367 g/mol. The molecule has 3 atom stereocenters. The number of likely N-dealkylation sites (tertiary alicyclic amines) is 1. The van der Waals surface area contributed by atoms with E-state index in [0.717, 1.165) is 25.2 Å². The molecule has 27 heavy (non-hydrogen) atoms. The Kier molecular flexibility index (Phi) is 3.50. The number of fused-ring (bicyclic) bond motifs is 1. The second-order valence-electron chi connectivity index (χ2n) is 7.75. The fourth-order valence-corrected chi connectivity index (χ4v) is 4.51. The molecule has 1 aromatic heterocycles. The minimum absolute atomic E-state index is 0.116. The number of hydrogen-bond donors (Lipinski definition) is 0. The molecule has 8 nitrogen and oxygen atoms in total. The van der Waals surface area contributed by atoms with Crippen LogP contribution in [0.1, 0.15) is 18.9 Å². The van der Waals surface area contributed by atoms with Crippen molar-refractivity contribution in [3.05, 3.63) is 42.2 Å². The lowest BCUT2D eigenvalue weighted by Gasteiger charge is -2.20. The normalized spacial score (nSPS) is 29.0. The second kappa shape index (κ2) is 5.80. The van der Waals surface area contributed by atoms with Crippen LogP contribution in [0.3, 0.4) is 0 Å². The Hall–Kier alpha value is -2.90. The molecule has 3 unspecified atom stereocenters. The van der Waals surface area contributed by atoms with Gasteiger partial charge in [-0.1, -0.05) is 17.3 Å². The summed E-state index contributed by atoms with van der Waals surface area (Å²) in [6, 6.07) is 8.15. The smallest absolute Gasteiger partial charge is 0.414 e. The molecule has 1 aromatic carbocycles. The van der Waals surface area contributed by atoms with Gasteiger partial charge < -0.3 is 9.64 Å². The Morgan fingerprint density at radius 3 is 2.78 bits per heavy atom. The highest BCUT2D eigenvalue weighted by molar-refractivity contribution is 5.89. The molecule has 3 aliphatic rings. The molecule has 0 bridgehead atoms. The van der Waals surface area contributed by atoms with Crippen LogP contribution < -0.4 is 4.90 Å². The topological polar surface area (TPSA) is 80.6 Å². The molecule has 8 heteroatoms. The highest BCUT2D eigenvalue weighted by atomic mass is 16.6. The lowest BCUT2D eigenvalue weighted by molar-refractivity contribution is -0.128. The first kappa shape index (κ1) is 16.3. The van der Waals surface area contributed by atoms with Gasteiger partial charge in [0.2, 0.25) is 5.91 Å². The lowest BCUT2D eigenvalue weighted by atomic mass is 9.94. The number of piperidine rings is 1. The van der Waals surface area contributed by atoms with E-state index in [9.17, 15) is 9.59 Å². The zero-order valence-electron chi connectivity index (χ0n) is 15.1. The van der Waals surface area contributed by atoms with E-state index in [1.165, 1.54) is 5.56 Å². The maximum absolute atomic E-state index is 12.3. The number of ether oxygens (including phenoxy) is 1. The third-order valence-corrected chi connectivity index (χ3v) is 6.08. The van der Waals surface area contributed by atoms with Gasteiger partial charge in [-0.3, -0.25) is 9.69 Å². The van der Waals surface area contributed by atoms with Crippen molar-refractivity contribution in [2.24, 2.45) is 5.92 Å². The van der Waals surface area contributed by atoms with E-state index in [4.69, 9.17) is 4.74 Å². The fourth-order valence-electron chi connectivity index (χ4n) is 4.51. The van der Waals surface area contributed by atoms with Crippen LogP contribution in [-0.2, 0) is 21.5 Å². The Morgan fingerprint density at radius 1 is 1.30 bits per heavy atom. The second-order valence-corrected chi connectivity index (χ2v) is 7.75. The summed E-state index contributed by atoms with van der Waals surface area (Å²) in [4.78, 5) is 27.5. The van der Waals surface area contributed by atoms with Crippen LogP contribution in [0.2, 0.25) is 0 Å². The first-order valence-corrected chi connectivity index (χ1v) is 9.23.